The number of hydrogen-bond donors (Lipinski definition) is 0. The van der Waals surface area contributed by atoms with E-state index in [-0.39, 0.29) is 5.92 Å². The van der Waals surface area contributed by atoms with Crippen LogP contribution in [0.25, 0.3) is 0 Å². The van der Waals surface area contributed by atoms with E-state index in [4.69, 9.17) is 0 Å². The van der Waals surface area contributed by atoms with Crippen LogP contribution in [0.1, 0.15) is 21.9 Å². The first-order valence-electron chi connectivity index (χ1n) is 5.32. The second-order valence-electron chi connectivity index (χ2n) is 4.07. The third-order valence-corrected chi connectivity index (χ3v) is 3.85. The molecule has 1 heterocycles. The van der Waals surface area contributed by atoms with Crippen molar-refractivity contribution in [3.63, 3.8) is 0 Å². The molecule has 3 heteroatoms. The third-order valence-electron chi connectivity index (χ3n) is 3.08. The summed E-state index contributed by atoms with van der Waals surface area (Å²) in [6, 6.07) is 8.20. The number of hydrogen-bond acceptors (Lipinski definition) is 3. The summed E-state index contributed by atoms with van der Waals surface area (Å²) in [6.45, 7) is 0. The number of thiazole rings is 1. The molecule has 3 rings (SSSR count). The molecule has 1 aromatic heterocycles. The van der Waals surface area contributed by atoms with E-state index >= 15 is 0 Å². The number of Topliss-reactive ketones (excluding diaryl/α,β-unsaturated/α-hetero) is 1. The highest BCUT2D eigenvalue weighted by atomic mass is 32.1. The Morgan fingerprint density at radius 3 is 3.06 bits per heavy atom. The van der Waals surface area contributed by atoms with Gasteiger partial charge < -0.3 is 0 Å². The first kappa shape index (κ1) is 9.73. The summed E-state index contributed by atoms with van der Waals surface area (Å²) >= 11 is 1.55. The molecule has 0 N–H and O–H groups in total. The third kappa shape index (κ3) is 1.57. The number of rotatable bonds is 3. The van der Waals surface area contributed by atoms with Crippen LogP contribution in [-0.2, 0) is 17.6 Å². The first-order valence-corrected chi connectivity index (χ1v) is 6.20. The van der Waals surface area contributed by atoms with Gasteiger partial charge >= 0.3 is 0 Å². The fourth-order valence-electron chi connectivity index (χ4n) is 2.17. The van der Waals surface area contributed by atoms with Crippen LogP contribution in [0.4, 0.5) is 0 Å². The smallest absolute Gasteiger partial charge is 0.145 e. The normalized spacial score (nSPS) is 17.6. The molecule has 2 aromatic rings. The lowest BCUT2D eigenvalue weighted by Gasteiger charge is -2.28. The molecule has 1 aromatic carbocycles. The standard InChI is InChI=1S/C13H11NOS/c15-13(6-10-7-14-8-16-10)12-5-9-3-1-2-4-11(9)12/h1-4,7-8,12H,5-6H2. The van der Waals surface area contributed by atoms with Crippen LogP contribution in [0.2, 0.25) is 0 Å². The van der Waals surface area contributed by atoms with Crippen LogP contribution < -0.4 is 0 Å². The second-order valence-corrected chi connectivity index (χ2v) is 5.04. The fraction of sp³-hybridized carbons (Fsp3) is 0.231. The van der Waals surface area contributed by atoms with Crippen molar-refractivity contribution in [2.45, 2.75) is 18.8 Å². The summed E-state index contributed by atoms with van der Waals surface area (Å²) in [5.74, 6) is 0.446. The number of aromatic nitrogens is 1. The van der Waals surface area contributed by atoms with Crippen LogP contribution >= 0.6 is 11.3 Å². The molecule has 0 radical (unpaired) electrons. The highest BCUT2D eigenvalue weighted by Gasteiger charge is 2.31. The Kier molecular flexibility index (Phi) is 2.33. The van der Waals surface area contributed by atoms with Gasteiger partial charge in [-0.05, 0) is 17.5 Å². The molecule has 0 spiro atoms. The van der Waals surface area contributed by atoms with Crippen LogP contribution in [0.3, 0.4) is 0 Å². The summed E-state index contributed by atoms with van der Waals surface area (Å²) in [5.41, 5.74) is 4.32. The molecule has 0 saturated heterocycles. The zero-order valence-electron chi connectivity index (χ0n) is 8.72. The van der Waals surface area contributed by atoms with Crippen molar-refractivity contribution in [2.75, 3.05) is 0 Å². The van der Waals surface area contributed by atoms with E-state index < -0.39 is 0 Å². The van der Waals surface area contributed by atoms with Crippen molar-refractivity contribution in [2.24, 2.45) is 0 Å². The molecule has 0 aliphatic heterocycles. The molecule has 1 unspecified atom stereocenters. The van der Waals surface area contributed by atoms with Crippen molar-refractivity contribution in [1.29, 1.82) is 0 Å². The summed E-state index contributed by atoms with van der Waals surface area (Å²) in [5, 5.41) is 0. The van der Waals surface area contributed by atoms with Crippen molar-refractivity contribution in [3.8, 4) is 0 Å². The molecular formula is C13H11NOS. The van der Waals surface area contributed by atoms with Crippen molar-refractivity contribution in [3.05, 3.63) is 52.0 Å². The molecule has 1 aliphatic rings. The monoisotopic (exact) mass is 229 g/mol. The number of nitrogens with zero attached hydrogens (tertiary/aromatic N) is 1. The van der Waals surface area contributed by atoms with Crippen LogP contribution in [0.5, 0.6) is 0 Å². The highest BCUT2D eigenvalue weighted by Crippen LogP contribution is 2.36. The average Bonchev–Trinajstić information content (AvgIpc) is 2.72. The van der Waals surface area contributed by atoms with Crippen LogP contribution in [-0.4, -0.2) is 10.8 Å². The topological polar surface area (TPSA) is 30.0 Å². The molecule has 1 atom stereocenters. The Morgan fingerprint density at radius 2 is 2.31 bits per heavy atom. The first-order chi connectivity index (χ1) is 7.84. The molecule has 0 saturated carbocycles. The Hall–Kier alpha value is -1.48. The summed E-state index contributed by atoms with van der Waals surface area (Å²) in [4.78, 5) is 17.1. The summed E-state index contributed by atoms with van der Waals surface area (Å²) < 4.78 is 0. The van der Waals surface area contributed by atoms with E-state index in [0.29, 0.717) is 12.2 Å². The number of benzene rings is 1. The van der Waals surface area contributed by atoms with Crippen molar-refractivity contribution < 1.29 is 4.79 Å². The average molecular weight is 229 g/mol. The molecule has 1 aliphatic carbocycles. The van der Waals surface area contributed by atoms with E-state index in [0.717, 1.165) is 11.3 Å². The predicted molar refractivity (Wildman–Crippen MR) is 63.7 cm³/mol. The quantitative estimate of drug-likeness (QED) is 0.809. The van der Waals surface area contributed by atoms with Gasteiger partial charge in [-0.1, -0.05) is 24.3 Å². The van der Waals surface area contributed by atoms with E-state index in [2.05, 4.69) is 17.1 Å². The summed E-state index contributed by atoms with van der Waals surface area (Å²) in [7, 11) is 0. The number of carbonyl (C=O) groups is 1. The predicted octanol–water partition coefficient (Wildman–Crippen LogP) is 2.59. The van der Waals surface area contributed by atoms with Gasteiger partial charge in [0.15, 0.2) is 0 Å². The molecule has 0 fully saturated rings. The maximum atomic E-state index is 12.0. The molecule has 16 heavy (non-hydrogen) atoms. The molecule has 2 nitrogen and oxygen atoms in total. The van der Waals surface area contributed by atoms with Gasteiger partial charge in [-0.15, -0.1) is 11.3 Å². The minimum atomic E-state index is 0.123. The van der Waals surface area contributed by atoms with Gasteiger partial charge in [-0.3, -0.25) is 9.78 Å². The van der Waals surface area contributed by atoms with E-state index in [1.807, 2.05) is 12.1 Å². The van der Waals surface area contributed by atoms with Gasteiger partial charge in [-0.2, -0.15) is 0 Å². The maximum absolute atomic E-state index is 12.0. The van der Waals surface area contributed by atoms with Gasteiger partial charge in [0.2, 0.25) is 0 Å². The fourth-order valence-corrected chi connectivity index (χ4v) is 2.77. The highest BCUT2D eigenvalue weighted by molar-refractivity contribution is 7.09. The van der Waals surface area contributed by atoms with E-state index in [9.17, 15) is 4.79 Å². The van der Waals surface area contributed by atoms with Gasteiger partial charge in [0, 0.05) is 23.4 Å². The second kappa shape index (κ2) is 3.83. The largest absolute Gasteiger partial charge is 0.299 e. The van der Waals surface area contributed by atoms with Gasteiger partial charge in [0.05, 0.1) is 5.51 Å². The maximum Gasteiger partial charge on any atom is 0.145 e. The minimum absolute atomic E-state index is 0.123. The van der Waals surface area contributed by atoms with Gasteiger partial charge in [-0.25, -0.2) is 0 Å². The lowest BCUT2D eigenvalue weighted by molar-refractivity contribution is -0.120. The Morgan fingerprint density at radius 1 is 1.44 bits per heavy atom. The summed E-state index contributed by atoms with van der Waals surface area (Å²) in [6.07, 6.45) is 3.23. The van der Waals surface area contributed by atoms with Gasteiger partial charge in [0.25, 0.3) is 0 Å². The molecular weight excluding hydrogens is 218 g/mol. The van der Waals surface area contributed by atoms with Crippen molar-refractivity contribution in [1.82, 2.24) is 4.98 Å². The van der Waals surface area contributed by atoms with Gasteiger partial charge in [0.1, 0.15) is 5.78 Å². The Balaban J connectivity index is 1.75. The SMILES string of the molecule is O=C(Cc1cncs1)C1Cc2ccccc21. The van der Waals surface area contributed by atoms with Crippen LogP contribution in [0.15, 0.2) is 36.0 Å². The molecule has 80 valence electrons. The number of ketones is 1. The Labute approximate surface area is 98.0 Å². The zero-order chi connectivity index (χ0) is 11.0. The molecule has 0 bridgehead atoms. The Bertz CT molecular complexity index is 518. The number of carbonyl (C=O) groups excluding carboxylic acids is 1. The minimum Gasteiger partial charge on any atom is -0.299 e. The molecule has 0 amide bonds. The lowest BCUT2D eigenvalue weighted by atomic mass is 9.74. The van der Waals surface area contributed by atoms with E-state index in [1.165, 1.54) is 11.1 Å². The van der Waals surface area contributed by atoms with E-state index in [1.54, 1.807) is 23.0 Å². The zero-order valence-corrected chi connectivity index (χ0v) is 9.54. The lowest BCUT2D eigenvalue weighted by Crippen LogP contribution is -2.26. The number of fused-ring (bicyclic) bond motifs is 1. The van der Waals surface area contributed by atoms with Crippen molar-refractivity contribution >= 4 is 17.1 Å². The van der Waals surface area contributed by atoms with Crippen LogP contribution in [0, 0.1) is 0 Å².